The molecular weight excluding hydrogens is 244 g/mol. The van der Waals surface area contributed by atoms with Gasteiger partial charge in [-0.25, -0.2) is 4.79 Å². The van der Waals surface area contributed by atoms with Crippen LogP contribution in [-0.2, 0) is 11.8 Å². The Hall–Kier alpha value is -1.05. The van der Waals surface area contributed by atoms with Crippen LogP contribution >= 0.6 is 12.6 Å². The predicted molar refractivity (Wildman–Crippen MR) is 64.0 cm³/mol. The second-order valence-corrected chi connectivity index (χ2v) is 4.04. The molecule has 0 aliphatic carbocycles. The molecule has 0 fully saturated rings. The molecule has 0 amide bonds. The Morgan fingerprint density at radius 3 is 2.82 bits per heavy atom. The van der Waals surface area contributed by atoms with Crippen LogP contribution in [0.2, 0.25) is 0 Å². The fraction of sp³-hybridized carbons (Fsp3) is 0.600. The van der Waals surface area contributed by atoms with Crippen molar-refractivity contribution in [1.29, 1.82) is 0 Å². The van der Waals surface area contributed by atoms with Gasteiger partial charge in [0, 0.05) is 12.6 Å². The highest BCUT2D eigenvalue weighted by atomic mass is 32.1. The van der Waals surface area contributed by atoms with Gasteiger partial charge in [0.05, 0.1) is 19.4 Å². The first kappa shape index (κ1) is 14.0. The van der Waals surface area contributed by atoms with E-state index in [0.717, 1.165) is 0 Å². The summed E-state index contributed by atoms with van der Waals surface area (Å²) in [6.07, 6.45) is -0.497. The van der Waals surface area contributed by atoms with Gasteiger partial charge in [-0.1, -0.05) is 0 Å². The van der Waals surface area contributed by atoms with Crippen LogP contribution in [0.1, 0.15) is 28.6 Å². The molecule has 6 nitrogen and oxygen atoms in total. The van der Waals surface area contributed by atoms with Crippen molar-refractivity contribution in [3.05, 3.63) is 17.5 Å². The predicted octanol–water partition coefficient (Wildman–Crippen LogP) is -0.0791. The molecule has 2 atom stereocenters. The summed E-state index contributed by atoms with van der Waals surface area (Å²) in [5, 5.41) is 23.5. The van der Waals surface area contributed by atoms with Gasteiger partial charge >= 0.3 is 5.97 Å². The third-order valence-electron chi connectivity index (χ3n) is 2.45. The molecule has 1 rings (SSSR count). The Labute approximate surface area is 105 Å². The van der Waals surface area contributed by atoms with Crippen LogP contribution in [0.5, 0.6) is 0 Å². The van der Waals surface area contributed by atoms with Crippen molar-refractivity contribution in [3.63, 3.8) is 0 Å². The van der Waals surface area contributed by atoms with E-state index in [1.54, 1.807) is 7.05 Å². The summed E-state index contributed by atoms with van der Waals surface area (Å²) < 4.78 is 5.90. The van der Waals surface area contributed by atoms with E-state index in [1.165, 1.54) is 18.0 Å². The van der Waals surface area contributed by atoms with Gasteiger partial charge in [0.15, 0.2) is 5.69 Å². The molecule has 1 heterocycles. The number of esters is 1. The number of hydrogen-bond acceptors (Lipinski definition) is 6. The lowest BCUT2D eigenvalue weighted by Crippen LogP contribution is -2.21. The molecule has 0 aliphatic rings. The summed E-state index contributed by atoms with van der Waals surface area (Å²) in [4.78, 5) is 11.5. The highest BCUT2D eigenvalue weighted by Crippen LogP contribution is 2.23. The minimum atomic E-state index is -1.18. The zero-order chi connectivity index (χ0) is 13.0. The van der Waals surface area contributed by atoms with Crippen LogP contribution in [0.15, 0.2) is 6.20 Å². The first-order chi connectivity index (χ1) is 8.02. The fourth-order valence-electron chi connectivity index (χ4n) is 1.52. The molecule has 2 N–H and O–H groups in total. The van der Waals surface area contributed by atoms with Crippen LogP contribution in [-0.4, -0.2) is 44.9 Å². The Bertz CT molecular complexity index is 394. The SMILES string of the molecule is COC(=O)c1c(C(O)C(O)CCS)cnn1C. The molecule has 96 valence electrons. The van der Waals surface area contributed by atoms with E-state index in [0.29, 0.717) is 12.2 Å². The molecule has 2 unspecified atom stereocenters. The standard InChI is InChI=1S/C10H16N2O4S/c1-12-8(10(15)16-2)6(5-11-12)9(14)7(13)3-4-17/h5,7,9,13-14,17H,3-4H2,1-2H3. The molecule has 1 aromatic rings. The third kappa shape index (κ3) is 2.99. The lowest BCUT2D eigenvalue weighted by atomic mass is 10.0. The van der Waals surface area contributed by atoms with Crippen molar-refractivity contribution in [2.24, 2.45) is 7.05 Å². The van der Waals surface area contributed by atoms with Gasteiger partial charge in [0.25, 0.3) is 0 Å². The summed E-state index contributed by atoms with van der Waals surface area (Å²) in [6.45, 7) is 0. The molecule has 0 bridgehead atoms. The number of methoxy groups -OCH3 is 1. The zero-order valence-corrected chi connectivity index (χ0v) is 10.6. The lowest BCUT2D eigenvalue weighted by molar-refractivity contribution is 0.0158. The van der Waals surface area contributed by atoms with E-state index in [1.807, 2.05) is 0 Å². The Morgan fingerprint density at radius 1 is 1.65 bits per heavy atom. The van der Waals surface area contributed by atoms with E-state index in [9.17, 15) is 15.0 Å². The molecular formula is C10H16N2O4S. The largest absolute Gasteiger partial charge is 0.464 e. The number of ether oxygens (including phenoxy) is 1. The van der Waals surface area contributed by atoms with Crippen molar-refractivity contribution in [2.45, 2.75) is 18.6 Å². The molecule has 7 heteroatoms. The fourth-order valence-corrected chi connectivity index (χ4v) is 1.78. The number of aryl methyl sites for hydroxylation is 1. The number of aliphatic hydroxyl groups is 2. The monoisotopic (exact) mass is 260 g/mol. The van der Waals surface area contributed by atoms with Crippen LogP contribution in [0.25, 0.3) is 0 Å². The molecule has 17 heavy (non-hydrogen) atoms. The Balaban J connectivity index is 3.01. The molecule has 0 spiro atoms. The van der Waals surface area contributed by atoms with E-state index < -0.39 is 18.2 Å². The highest BCUT2D eigenvalue weighted by molar-refractivity contribution is 7.80. The number of thiol groups is 1. The van der Waals surface area contributed by atoms with Crippen molar-refractivity contribution in [2.75, 3.05) is 12.9 Å². The minimum absolute atomic E-state index is 0.137. The minimum Gasteiger partial charge on any atom is -0.464 e. The van der Waals surface area contributed by atoms with Crippen LogP contribution in [0.3, 0.4) is 0 Å². The quantitative estimate of drug-likeness (QED) is 0.509. The number of hydrogen-bond donors (Lipinski definition) is 3. The average molecular weight is 260 g/mol. The highest BCUT2D eigenvalue weighted by Gasteiger charge is 2.27. The average Bonchev–Trinajstić information content (AvgIpc) is 2.69. The van der Waals surface area contributed by atoms with E-state index in [4.69, 9.17) is 0 Å². The van der Waals surface area contributed by atoms with Gasteiger partial charge in [-0.2, -0.15) is 17.7 Å². The summed E-state index contributed by atoms with van der Waals surface area (Å²) in [5.41, 5.74) is 0.395. The van der Waals surface area contributed by atoms with Gasteiger partial charge in [-0.15, -0.1) is 0 Å². The van der Waals surface area contributed by atoms with Gasteiger partial charge in [-0.05, 0) is 12.2 Å². The van der Waals surface area contributed by atoms with Gasteiger partial charge in [0.2, 0.25) is 0 Å². The first-order valence-corrected chi connectivity index (χ1v) is 5.73. The summed E-state index contributed by atoms with van der Waals surface area (Å²) in [7, 11) is 2.81. The molecule has 0 radical (unpaired) electrons. The molecule has 0 saturated heterocycles. The zero-order valence-electron chi connectivity index (χ0n) is 9.70. The van der Waals surface area contributed by atoms with Crippen LogP contribution in [0.4, 0.5) is 0 Å². The van der Waals surface area contributed by atoms with Crippen molar-refractivity contribution in [3.8, 4) is 0 Å². The Morgan fingerprint density at radius 2 is 2.29 bits per heavy atom. The number of nitrogens with zero attached hydrogens (tertiary/aromatic N) is 2. The number of aliphatic hydroxyl groups excluding tert-OH is 2. The number of carbonyl (C=O) groups excluding carboxylic acids is 1. The molecule has 1 aromatic heterocycles. The second-order valence-electron chi connectivity index (χ2n) is 3.59. The van der Waals surface area contributed by atoms with E-state index in [-0.39, 0.29) is 11.3 Å². The van der Waals surface area contributed by atoms with Crippen molar-refractivity contribution in [1.82, 2.24) is 9.78 Å². The molecule has 0 aliphatic heterocycles. The summed E-state index contributed by atoms with van der Waals surface area (Å²) in [6, 6.07) is 0. The molecule has 0 saturated carbocycles. The topological polar surface area (TPSA) is 84.6 Å². The lowest BCUT2D eigenvalue weighted by Gasteiger charge is -2.16. The van der Waals surface area contributed by atoms with E-state index in [2.05, 4.69) is 22.5 Å². The summed E-state index contributed by atoms with van der Waals surface area (Å²) in [5.74, 6) is -0.163. The maximum absolute atomic E-state index is 11.5. The van der Waals surface area contributed by atoms with Gasteiger partial charge < -0.3 is 14.9 Å². The maximum Gasteiger partial charge on any atom is 0.356 e. The van der Waals surface area contributed by atoms with Crippen LogP contribution in [0, 0.1) is 0 Å². The Kier molecular flexibility index (Phi) is 4.98. The first-order valence-electron chi connectivity index (χ1n) is 5.10. The normalized spacial score (nSPS) is 14.4. The number of carbonyl (C=O) groups is 1. The van der Waals surface area contributed by atoms with Crippen molar-refractivity contribution < 1.29 is 19.7 Å². The maximum atomic E-state index is 11.5. The van der Waals surface area contributed by atoms with Crippen molar-refractivity contribution >= 4 is 18.6 Å². The van der Waals surface area contributed by atoms with E-state index >= 15 is 0 Å². The number of rotatable bonds is 5. The summed E-state index contributed by atoms with van der Waals surface area (Å²) >= 11 is 3.97. The van der Waals surface area contributed by atoms with Gasteiger partial charge in [-0.3, -0.25) is 4.68 Å². The second kappa shape index (κ2) is 6.04. The molecule has 0 aromatic carbocycles. The van der Waals surface area contributed by atoms with Crippen LogP contribution < -0.4 is 0 Å². The van der Waals surface area contributed by atoms with Gasteiger partial charge in [0.1, 0.15) is 6.10 Å². The third-order valence-corrected chi connectivity index (χ3v) is 2.71. The smallest absolute Gasteiger partial charge is 0.356 e. The number of aromatic nitrogens is 2.